The molecule has 0 aromatic carbocycles. The second kappa shape index (κ2) is 5.12. The summed E-state index contributed by atoms with van der Waals surface area (Å²) in [5.41, 5.74) is -0.773. The predicted octanol–water partition coefficient (Wildman–Crippen LogP) is 1.64. The molecule has 0 fully saturated rings. The van der Waals surface area contributed by atoms with Crippen molar-refractivity contribution in [1.82, 2.24) is 0 Å². The van der Waals surface area contributed by atoms with E-state index in [0.717, 1.165) is 0 Å². The van der Waals surface area contributed by atoms with Crippen LogP contribution in [0.1, 0.15) is 26.7 Å². The second-order valence-electron chi connectivity index (χ2n) is 3.24. The Bertz CT molecular complexity index is 159. The molecule has 0 aliphatic heterocycles. The summed E-state index contributed by atoms with van der Waals surface area (Å²) in [5, 5.41) is 18.9. The standard InChI is InChI=1S/C10H18O2/c1-4-6-7-9(11)8-10(3,12)5-2/h4,6-7,9,11-12H,1,5,8H2,2-3H3/b7-6+. The molecule has 2 atom stereocenters. The molecule has 0 bridgehead atoms. The summed E-state index contributed by atoms with van der Waals surface area (Å²) >= 11 is 0. The molecule has 12 heavy (non-hydrogen) atoms. The lowest BCUT2D eigenvalue weighted by molar-refractivity contribution is 0.0138. The van der Waals surface area contributed by atoms with Gasteiger partial charge in [-0.2, -0.15) is 0 Å². The van der Waals surface area contributed by atoms with Crippen LogP contribution in [0.4, 0.5) is 0 Å². The van der Waals surface area contributed by atoms with Crippen LogP contribution < -0.4 is 0 Å². The summed E-state index contributed by atoms with van der Waals surface area (Å²) in [4.78, 5) is 0. The average molecular weight is 170 g/mol. The number of allylic oxidation sites excluding steroid dienone is 2. The van der Waals surface area contributed by atoms with Crippen molar-refractivity contribution in [1.29, 1.82) is 0 Å². The van der Waals surface area contributed by atoms with Gasteiger partial charge in [0.1, 0.15) is 0 Å². The van der Waals surface area contributed by atoms with Crippen LogP contribution >= 0.6 is 0 Å². The minimum absolute atomic E-state index is 0.369. The van der Waals surface area contributed by atoms with Crippen LogP contribution in [0, 0.1) is 0 Å². The fraction of sp³-hybridized carbons (Fsp3) is 0.600. The lowest BCUT2D eigenvalue weighted by Crippen LogP contribution is -2.28. The van der Waals surface area contributed by atoms with E-state index in [9.17, 15) is 10.2 Å². The van der Waals surface area contributed by atoms with E-state index in [1.54, 1.807) is 25.2 Å². The van der Waals surface area contributed by atoms with E-state index in [4.69, 9.17) is 0 Å². The quantitative estimate of drug-likeness (QED) is 0.616. The first kappa shape index (κ1) is 11.4. The molecule has 2 N–H and O–H groups in total. The molecule has 0 aliphatic carbocycles. The van der Waals surface area contributed by atoms with E-state index >= 15 is 0 Å². The second-order valence-corrected chi connectivity index (χ2v) is 3.24. The van der Waals surface area contributed by atoms with Gasteiger partial charge in [0, 0.05) is 6.42 Å². The normalized spacial score (nSPS) is 19.0. The lowest BCUT2D eigenvalue weighted by Gasteiger charge is -2.22. The molecule has 70 valence electrons. The Kier molecular flexibility index (Phi) is 4.86. The Morgan fingerprint density at radius 2 is 2.17 bits per heavy atom. The van der Waals surface area contributed by atoms with Crippen LogP contribution in [0.5, 0.6) is 0 Å². The van der Waals surface area contributed by atoms with Crippen LogP contribution in [-0.4, -0.2) is 21.9 Å². The zero-order chi connectivity index (χ0) is 9.61. The van der Waals surface area contributed by atoms with Crippen LogP contribution in [0.3, 0.4) is 0 Å². The van der Waals surface area contributed by atoms with Crippen molar-refractivity contribution in [2.45, 2.75) is 38.4 Å². The topological polar surface area (TPSA) is 40.5 Å². The fourth-order valence-electron chi connectivity index (χ4n) is 0.870. The zero-order valence-electron chi connectivity index (χ0n) is 7.83. The van der Waals surface area contributed by atoms with Gasteiger partial charge in [-0.15, -0.1) is 0 Å². The Morgan fingerprint density at radius 1 is 1.58 bits per heavy atom. The molecule has 0 amide bonds. The molecule has 0 rings (SSSR count). The van der Waals surface area contributed by atoms with Crippen molar-refractivity contribution < 1.29 is 10.2 Å². The van der Waals surface area contributed by atoms with Crippen LogP contribution in [0.25, 0.3) is 0 Å². The molecule has 0 aromatic rings. The van der Waals surface area contributed by atoms with Crippen molar-refractivity contribution in [3.05, 3.63) is 24.8 Å². The number of hydrogen-bond donors (Lipinski definition) is 2. The van der Waals surface area contributed by atoms with Crippen LogP contribution in [-0.2, 0) is 0 Å². The third kappa shape index (κ3) is 5.10. The van der Waals surface area contributed by atoms with Gasteiger partial charge in [0.25, 0.3) is 0 Å². The summed E-state index contributed by atoms with van der Waals surface area (Å²) in [7, 11) is 0. The molecule has 0 aliphatic rings. The number of aliphatic hydroxyl groups is 2. The Hall–Kier alpha value is -0.600. The van der Waals surface area contributed by atoms with Gasteiger partial charge in [0.2, 0.25) is 0 Å². The van der Waals surface area contributed by atoms with Gasteiger partial charge in [-0.1, -0.05) is 31.7 Å². The molecule has 0 radical (unpaired) electrons. The average Bonchev–Trinajstić information content (AvgIpc) is 2.00. The minimum atomic E-state index is -0.773. The van der Waals surface area contributed by atoms with Crippen LogP contribution in [0.15, 0.2) is 24.8 Å². The highest BCUT2D eigenvalue weighted by molar-refractivity contribution is 5.01. The lowest BCUT2D eigenvalue weighted by atomic mass is 9.95. The van der Waals surface area contributed by atoms with E-state index in [0.29, 0.717) is 12.8 Å². The molecule has 0 aromatic heterocycles. The Balaban J connectivity index is 3.90. The Labute approximate surface area is 74.2 Å². The maximum atomic E-state index is 9.57. The number of rotatable bonds is 5. The van der Waals surface area contributed by atoms with Crippen molar-refractivity contribution in [2.24, 2.45) is 0 Å². The summed E-state index contributed by atoms with van der Waals surface area (Å²) < 4.78 is 0. The molecule has 2 heteroatoms. The van der Waals surface area contributed by atoms with E-state index in [1.807, 2.05) is 6.92 Å². The Morgan fingerprint density at radius 3 is 2.58 bits per heavy atom. The first-order valence-corrected chi connectivity index (χ1v) is 4.21. The smallest absolute Gasteiger partial charge is 0.0751 e. The van der Waals surface area contributed by atoms with Gasteiger partial charge in [-0.05, 0) is 13.3 Å². The molecule has 0 spiro atoms. The van der Waals surface area contributed by atoms with Crippen molar-refractivity contribution in [3.63, 3.8) is 0 Å². The summed E-state index contributed by atoms with van der Waals surface area (Å²) in [5.74, 6) is 0. The minimum Gasteiger partial charge on any atom is -0.390 e. The van der Waals surface area contributed by atoms with Crippen molar-refractivity contribution in [2.75, 3.05) is 0 Å². The van der Waals surface area contributed by atoms with Gasteiger partial charge in [0.05, 0.1) is 11.7 Å². The summed E-state index contributed by atoms with van der Waals surface area (Å²) in [6.45, 7) is 7.10. The predicted molar refractivity (Wildman–Crippen MR) is 50.9 cm³/mol. The van der Waals surface area contributed by atoms with Gasteiger partial charge < -0.3 is 10.2 Å². The monoisotopic (exact) mass is 170 g/mol. The van der Waals surface area contributed by atoms with Gasteiger partial charge in [-0.25, -0.2) is 0 Å². The van der Waals surface area contributed by atoms with Gasteiger partial charge >= 0.3 is 0 Å². The first-order chi connectivity index (χ1) is 5.52. The molecule has 0 heterocycles. The summed E-state index contributed by atoms with van der Waals surface area (Å²) in [6, 6.07) is 0. The largest absolute Gasteiger partial charge is 0.390 e. The molecular formula is C10H18O2. The summed E-state index contributed by atoms with van der Waals surface area (Å²) in [6.07, 6.45) is 5.33. The third-order valence-electron chi connectivity index (χ3n) is 1.88. The van der Waals surface area contributed by atoms with Crippen molar-refractivity contribution in [3.8, 4) is 0 Å². The third-order valence-corrected chi connectivity index (χ3v) is 1.88. The molecule has 0 saturated heterocycles. The molecular weight excluding hydrogens is 152 g/mol. The maximum Gasteiger partial charge on any atom is 0.0751 e. The van der Waals surface area contributed by atoms with E-state index in [1.165, 1.54) is 0 Å². The number of hydrogen-bond acceptors (Lipinski definition) is 2. The van der Waals surface area contributed by atoms with E-state index in [-0.39, 0.29) is 0 Å². The van der Waals surface area contributed by atoms with Crippen LogP contribution in [0.2, 0.25) is 0 Å². The van der Waals surface area contributed by atoms with E-state index in [2.05, 4.69) is 6.58 Å². The highest BCUT2D eigenvalue weighted by atomic mass is 16.3. The van der Waals surface area contributed by atoms with E-state index < -0.39 is 11.7 Å². The molecule has 2 unspecified atom stereocenters. The van der Waals surface area contributed by atoms with Crippen molar-refractivity contribution >= 4 is 0 Å². The van der Waals surface area contributed by atoms with Gasteiger partial charge in [0.15, 0.2) is 0 Å². The highest BCUT2D eigenvalue weighted by Gasteiger charge is 2.20. The highest BCUT2D eigenvalue weighted by Crippen LogP contribution is 2.16. The fourth-order valence-corrected chi connectivity index (χ4v) is 0.870. The van der Waals surface area contributed by atoms with Gasteiger partial charge in [-0.3, -0.25) is 0 Å². The SMILES string of the molecule is C=C/C=C/C(O)CC(C)(O)CC. The zero-order valence-corrected chi connectivity index (χ0v) is 7.83. The first-order valence-electron chi connectivity index (χ1n) is 4.21. The molecule has 2 nitrogen and oxygen atoms in total. The maximum absolute atomic E-state index is 9.57. The number of aliphatic hydroxyl groups excluding tert-OH is 1. The molecule has 0 saturated carbocycles.